The Morgan fingerprint density at radius 2 is 1.39 bits per heavy atom. The van der Waals surface area contributed by atoms with E-state index in [2.05, 4.69) is 6.92 Å². The van der Waals surface area contributed by atoms with E-state index in [-0.39, 0.29) is 17.4 Å². The normalized spacial score (nSPS) is 12.2. The van der Waals surface area contributed by atoms with Gasteiger partial charge in [0.05, 0.1) is 6.10 Å². The molecule has 0 radical (unpaired) electrons. The molecule has 0 spiro atoms. The zero-order valence-corrected chi connectivity index (χ0v) is 17.7. The molecule has 160 valence electrons. The van der Waals surface area contributed by atoms with Crippen molar-refractivity contribution in [2.75, 3.05) is 0 Å². The maximum Gasteiger partial charge on any atom is 0.339 e. The first-order chi connectivity index (χ1) is 13.6. The van der Waals surface area contributed by atoms with Crippen LogP contribution in [-0.2, 0) is 6.42 Å². The van der Waals surface area contributed by atoms with Gasteiger partial charge in [-0.3, -0.25) is 0 Å². The Morgan fingerprint density at radius 1 is 0.857 bits per heavy atom. The third-order valence-electron chi connectivity index (χ3n) is 5.47. The van der Waals surface area contributed by atoms with Crippen LogP contribution in [0.25, 0.3) is 0 Å². The highest BCUT2D eigenvalue weighted by molar-refractivity contribution is 5.92. The number of hydrogen-bond acceptors (Lipinski definition) is 3. The van der Waals surface area contributed by atoms with Gasteiger partial charge < -0.3 is 15.3 Å². The first-order valence-corrected chi connectivity index (χ1v) is 11.3. The van der Waals surface area contributed by atoms with E-state index in [1.165, 1.54) is 57.4 Å². The van der Waals surface area contributed by atoms with E-state index < -0.39 is 5.97 Å². The second-order valence-electron chi connectivity index (χ2n) is 7.99. The minimum Gasteiger partial charge on any atom is -0.507 e. The van der Waals surface area contributed by atoms with Crippen molar-refractivity contribution >= 4 is 5.97 Å². The number of aliphatic hydroxyl groups is 1. The van der Waals surface area contributed by atoms with Gasteiger partial charge in [0.25, 0.3) is 0 Å². The van der Waals surface area contributed by atoms with E-state index >= 15 is 0 Å². The molecule has 4 nitrogen and oxygen atoms in total. The minimum atomic E-state index is -1.05. The zero-order chi connectivity index (χ0) is 20.6. The van der Waals surface area contributed by atoms with Crippen LogP contribution >= 0.6 is 0 Å². The molecular weight excluding hydrogens is 352 g/mol. The first-order valence-electron chi connectivity index (χ1n) is 11.3. The van der Waals surface area contributed by atoms with Gasteiger partial charge in [-0.05, 0) is 37.3 Å². The summed E-state index contributed by atoms with van der Waals surface area (Å²) in [6, 6.07) is 4.94. The fraction of sp³-hybridized carbons (Fsp3) is 0.708. The molecule has 0 aliphatic heterocycles. The quantitative estimate of drug-likeness (QED) is 0.265. The summed E-state index contributed by atoms with van der Waals surface area (Å²) in [4.78, 5) is 11.2. The largest absolute Gasteiger partial charge is 0.507 e. The average Bonchev–Trinajstić information content (AvgIpc) is 2.66. The van der Waals surface area contributed by atoms with E-state index in [1.807, 2.05) is 0 Å². The molecule has 1 atom stereocenters. The maximum absolute atomic E-state index is 11.2. The number of rotatable bonds is 17. The smallest absolute Gasteiger partial charge is 0.339 e. The summed E-state index contributed by atoms with van der Waals surface area (Å²) >= 11 is 0. The number of benzene rings is 1. The first kappa shape index (κ1) is 24.5. The van der Waals surface area contributed by atoms with Crippen molar-refractivity contribution in [1.29, 1.82) is 0 Å². The van der Waals surface area contributed by atoms with E-state index in [1.54, 1.807) is 12.1 Å². The molecule has 1 unspecified atom stereocenters. The molecule has 4 heteroatoms. The Labute approximate surface area is 171 Å². The van der Waals surface area contributed by atoms with Crippen molar-refractivity contribution in [2.24, 2.45) is 0 Å². The lowest BCUT2D eigenvalue weighted by atomic mass is 9.99. The fourth-order valence-corrected chi connectivity index (χ4v) is 3.75. The van der Waals surface area contributed by atoms with Crippen LogP contribution < -0.4 is 0 Å². The predicted octanol–water partition coefficient (Wildman–Crippen LogP) is 6.48. The molecule has 0 fully saturated rings. The number of carboxylic acid groups (broad SMARTS) is 1. The highest BCUT2D eigenvalue weighted by Crippen LogP contribution is 2.23. The van der Waals surface area contributed by atoms with Crippen LogP contribution in [0.3, 0.4) is 0 Å². The number of aromatic hydroxyl groups is 1. The monoisotopic (exact) mass is 392 g/mol. The van der Waals surface area contributed by atoms with Crippen molar-refractivity contribution in [2.45, 2.75) is 109 Å². The molecule has 0 saturated heterocycles. The highest BCUT2D eigenvalue weighted by Gasteiger charge is 2.14. The molecule has 0 aliphatic carbocycles. The van der Waals surface area contributed by atoms with E-state index in [4.69, 9.17) is 0 Å². The predicted molar refractivity (Wildman–Crippen MR) is 115 cm³/mol. The summed E-state index contributed by atoms with van der Waals surface area (Å²) in [5, 5.41) is 28.8. The molecule has 3 N–H and O–H groups in total. The van der Waals surface area contributed by atoms with Gasteiger partial charge in [0.1, 0.15) is 11.3 Å². The molecule has 0 aliphatic rings. The average molecular weight is 393 g/mol. The summed E-state index contributed by atoms with van der Waals surface area (Å²) in [5.41, 5.74) is 0.780. The number of aromatic carboxylic acids is 1. The molecule has 1 aromatic carbocycles. The van der Waals surface area contributed by atoms with E-state index in [0.717, 1.165) is 44.1 Å². The molecular formula is C24H40O4. The van der Waals surface area contributed by atoms with Crippen LogP contribution in [-0.4, -0.2) is 27.4 Å². The lowest BCUT2D eigenvalue weighted by molar-refractivity contribution is 0.0692. The van der Waals surface area contributed by atoms with Crippen LogP contribution in [0, 0.1) is 0 Å². The van der Waals surface area contributed by atoms with Crippen LogP contribution in [0.15, 0.2) is 18.2 Å². The summed E-state index contributed by atoms with van der Waals surface area (Å²) < 4.78 is 0. The molecule has 0 heterocycles. The summed E-state index contributed by atoms with van der Waals surface area (Å²) in [5.74, 6) is -1.19. The van der Waals surface area contributed by atoms with Crippen molar-refractivity contribution in [3.63, 3.8) is 0 Å². The number of aliphatic hydroxyl groups excluding tert-OH is 1. The van der Waals surface area contributed by atoms with Gasteiger partial charge in [0, 0.05) is 0 Å². The minimum absolute atomic E-state index is 0.0537. The molecule has 1 aromatic rings. The van der Waals surface area contributed by atoms with Crippen LogP contribution in [0.2, 0.25) is 0 Å². The lowest BCUT2D eigenvalue weighted by Gasteiger charge is -2.09. The third kappa shape index (κ3) is 10.7. The maximum atomic E-state index is 11.2. The van der Waals surface area contributed by atoms with E-state index in [9.17, 15) is 20.1 Å². The van der Waals surface area contributed by atoms with Gasteiger partial charge in [-0.15, -0.1) is 0 Å². The van der Waals surface area contributed by atoms with Gasteiger partial charge in [-0.25, -0.2) is 4.79 Å². The number of carboxylic acids is 1. The van der Waals surface area contributed by atoms with Crippen molar-refractivity contribution in [3.8, 4) is 5.75 Å². The molecule has 28 heavy (non-hydrogen) atoms. The van der Waals surface area contributed by atoms with Crippen molar-refractivity contribution in [3.05, 3.63) is 29.3 Å². The lowest BCUT2D eigenvalue weighted by Crippen LogP contribution is -2.05. The molecule has 0 amide bonds. The molecule has 0 saturated carbocycles. The summed E-state index contributed by atoms with van der Waals surface area (Å²) in [6.07, 6.45) is 16.7. The van der Waals surface area contributed by atoms with Gasteiger partial charge in [0.2, 0.25) is 0 Å². The Bertz CT molecular complexity index is 541. The second kappa shape index (κ2) is 15.4. The second-order valence-corrected chi connectivity index (χ2v) is 7.99. The fourth-order valence-electron chi connectivity index (χ4n) is 3.75. The summed E-state index contributed by atoms with van der Waals surface area (Å²) in [7, 11) is 0. The summed E-state index contributed by atoms with van der Waals surface area (Å²) in [6.45, 7) is 2.19. The molecule has 0 aromatic heterocycles. The third-order valence-corrected chi connectivity index (χ3v) is 5.47. The van der Waals surface area contributed by atoms with Crippen LogP contribution in [0.5, 0.6) is 5.75 Å². The van der Waals surface area contributed by atoms with Gasteiger partial charge >= 0.3 is 5.97 Å². The Morgan fingerprint density at radius 3 is 1.96 bits per heavy atom. The van der Waals surface area contributed by atoms with Crippen molar-refractivity contribution < 1.29 is 20.1 Å². The Balaban J connectivity index is 1.98. The zero-order valence-electron chi connectivity index (χ0n) is 17.7. The van der Waals surface area contributed by atoms with Crippen LogP contribution in [0.4, 0.5) is 0 Å². The standard InChI is InChI=1S/C24H40O4/c1-2-3-11-17-21(25)18-13-10-8-6-4-5-7-9-12-15-20-16-14-19-22(26)23(20)24(27)28/h14,16,19,21,25-26H,2-13,15,17-18H2,1H3,(H,27,28). The number of phenols is 1. The number of unbranched alkanes of at least 4 members (excludes halogenated alkanes) is 10. The van der Waals surface area contributed by atoms with E-state index in [0.29, 0.717) is 6.42 Å². The topological polar surface area (TPSA) is 77.8 Å². The Kier molecular flexibility index (Phi) is 13.5. The number of hydrogen-bond donors (Lipinski definition) is 3. The van der Waals surface area contributed by atoms with Gasteiger partial charge in [0.15, 0.2) is 0 Å². The SMILES string of the molecule is CCCCCC(O)CCCCCCCCCCCc1cccc(O)c1C(=O)O. The molecule has 1 rings (SSSR count). The van der Waals surface area contributed by atoms with Gasteiger partial charge in [-0.2, -0.15) is 0 Å². The Hall–Kier alpha value is -1.55. The number of carbonyl (C=O) groups is 1. The highest BCUT2D eigenvalue weighted by atomic mass is 16.4. The molecule has 0 bridgehead atoms. The van der Waals surface area contributed by atoms with Crippen molar-refractivity contribution in [1.82, 2.24) is 0 Å². The number of aryl methyl sites for hydroxylation is 1. The van der Waals surface area contributed by atoms with Gasteiger partial charge in [-0.1, -0.05) is 89.7 Å². The van der Waals surface area contributed by atoms with Crippen LogP contribution in [0.1, 0.15) is 113 Å².